The monoisotopic (exact) mass is 447 g/mol. The first-order chi connectivity index (χ1) is 14.3. The number of nitrogens with zero attached hydrogens (tertiary/aromatic N) is 3. The number of pyridine rings is 1. The smallest absolute Gasteiger partial charge is 0.475 e. The van der Waals surface area contributed by atoms with E-state index >= 15 is 0 Å². The van der Waals surface area contributed by atoms with Crippen LogP contribution in [0.15, 0.2) is 6.07 Å². The maximum atomic E-state index is 12.5. The van der Waals surface area contributed by atoms with Crippen molar-refractivity contribution in [2.24, 2.45) is 0 Å². The summed E-state index contributed by atoms with van der Waals surface area (Å²) in [6, 6.07) is 1.92. The number of carbonyl (C=O) groups excluding carboxylic acids is 2. The van der Waals surface area contributed by atoms with Gasteiger partial charge in [-0.3, -0.25) is 4.79 Å². The minimum absolute atomic E-state index is 0.0649. The lowest BCUT2D eigenvalue weighted by atomic mass is 10.0. The highest BCUT2D eigenvalue weighted by Gasteiger charge is 2.38. The molecule has 1 aliphatic heterocycles. The van der Waals surface area contributed by atoms with Crippen molar-refractivity contribution in [3.05, 3.63) is 22.9 Å². The summed E-state index contributed by atoms with van der Waals surface area (Å²) >= 11 is 0. The number of rotatable bonds is 3. The predicted octanol–water partition coefficient (Wildman–Crippen LogP) is 1.66. The molecule has 0 spiro atoms. The van der Waals surface area contributed by atoms with Crippen LogP contribution in [0, 0.1) is 0 Å². The molecule has 9 nitrogen and oxygen atoms in total. The van der Waals surface area contributed by atoms with Crippen LogP contribution < -0.4 is 15.5 Å². The van der Waals surface area contributed by atoms with Crippen LogP contribution in [0.25, 0.3) is 0 Å². The number of halogens is 3. The van der Waals surface area contributed by atoms with Gasteiger partial charge < -0.3 is 25.5 Å². The molecule has 12 heteroatoms. The van der Waals surface area contributed by atoms with Crippen molar-refractivity contribution in [2.75, 3.05) is 39.1 Å². The molecule has 31 heavy (non-hydrogen) atoms. The molecule has 0 radical (unpaired) electrons. The molecule has 0 aliphatic carbocycles. The van der Waals surface area contributed by atoms with Crippen LogP contribution in [0.4, 0.5) is 23.8 Å². The molecular formula is C19H28F3N5O4. The molecule has 174 valence electrons. The fourth-order valence-electron chi connectivity index (χ4n) is 2.83. The van der Waals surface area contributed by atoms with Gasteiger partial charge in [-0.1, -0.05) is 0 Å². The highest BCUT2D eigenvalue weighted by molar-refractivity contribution is 5.99. The minimum Gasteiger partial charge on any atom is -0.475 e. The van der Waals surface area contributed by atoms with Gasteiger partial charge in [-0.05, 0) is 31.9 Å². The summed E-state index contributed by atoms with van der Waals surface area (Å²) in [6.45, 7) is 5.13. The van der Waals surface area contributed by atoms with Crippen molar-refractivity contribution < 1.29 is 32.7 Å². The van der Waals surface area contributed by atoms with Crippen LogP contribution in [0.5, 0.6) is 0 Å². The average Bonchev–Trinajstić information content (AvgIpc) is 2.87. The minimum atomic E-state index is -5.08. The second-order valence-corrected chi connectivity index (χ2v) is 7.33. The van der Waals surface area contributed by atoms with E-state index in [0.29, 0.717) is 37.3 Å². The van der Waals surface area contributed by atoms with Gasteiger partial charge in [0.05, 0.1) is 5.56 Å². The summed E-state index contributed by atoms with van der Waals surface area (Å²) in [5.41, 5.74) is 2.59. The topological polar surface area (TPSA) is 115 Å². The second kappa shape index (κ2) is 10.8. The Bertz CT molecular complexity index is 812. The molecule has 2 rings (SSSR count). The molecule has 0 atom stereocenters. The van der Waals surface area contributed by atoms with Crippen molar-refractivity contribution in [1.29, 1.82) is 0 Å². The number of hydrogen-bond acceptors (Lipinski definition) is 5. The Balaban J connectivity index is 0.000000592. The standard InChI is InChI=1S/C17H27N5O2.C2HF3O2/c1-11(2)19-16(23)13-10-12-6-8-22(17(24)18-3)9-7-14(12)20-15(13)21(4)5;3-2(4,5)1(6)7/h10-11H,6-9H2,1-5H3,(H,18,24)(H,19,23);(H,6,7). The Morgan fingerprint density at radius 1 is 1.19 bits per heavy atom. The molecule has 0 unspecified atom stereocenters. The molecule has 0 aromatic carbocycles. The molecule has 3 N–H and O–H groups in total. The number of fused-ring (bicyclic) bond motifs is 1. The van der Waals surface area contributed by atoms with Gasteiger partial charge in [-0.15, -0.1) is 0 Å². The zero-order valence-corrected chi connectivity index (χ0v) is 18.1. The summed E-state index contributed by atoms with van der Waals surface area (Å²) in [6.07, 6.45) is -3.69. The molecule has 1 aliphatic rings. The number of aliphatic carboxylic acids is 1. The van der Waals surface area contributed by atoms with Crippen LogP contribution >= 0.6 is 0 Å². The zero-order valence-electron chi connectivity index (χ0n) is 18.1. The lowest BCUT2D eigenvalue weighted by molar-refractivity contribution is -0.192. The number of anilines is 1. The van der Waals surface area contributed by atoms with Gasteiger partial charge in [-0.2, -0.15) is 13.2 Å². The first kappa shape index (κ1) is 26.0. The normalized spacial score (nSPS) is 13.4. The van der Waals surface area contributed by atoms with E-state index in [1.165, 1.54) is 0 Å². The maximum absolute atomic E-state index is 12.5. The molecule has 1 aromatic heterocycles. The largest absolute Gasteiger partial charge is 0.490 e. The number of hydrogen-bond donors (Lipinski definition) is 3. The number of amides is 3. The lowest BCUT2D eigenvalue weighted by Gasteiger charge is -2.19. The van der Waals surface area contributed by atoms with E-state index < -0.39 is 12.1 Å². The molecule has 0 bridgehead atoms. The zero-order chi connectivity index (χ0) is 23.9. The summed E-state index contributed by atoms with van der Waals surface area (Å²) in [5, 5.41) is 12.7. The van der Waals surface area contributed by atoms with Crippen LogP contribution in [-0.2, 0) is 17.6 Å². The van der Waals surface area contributed by atoms with Gasteiger partial charge in [0, 0.05) is 52.4 Å². The van der Waals surface area contributed by atoms with Crippen molar-refractivity contribution >= 4 is 23.7 Å². The molecule has 2 heterocycles. The molecule has 1 aromatic rings. The van der Waals surface area contributed by atoms with Crippen LogP contribution in [0.1, 0.15) is 35.5 Å². The Labute approximate surface area is 178 Å². The van der Waals surface area contributed by atoms with Gasteiger partial charge in [-0.25, -0.2) is 14.6 Å². The van der Waals surface area contributed by atoms with Gasteiger partial charge in [0.15, 0.2) is 0 Å². The highest BCUT2D eigenvalue weighted by Crippen LogP contribution is 2.23. The maximum Gasteiger partial charge on any atom is 0.490 e. The first-order valence-electron chi connectivity index (χ1n) is 9.55. The third-order valence-corrected chi connectivity index (χ3v) is 4.27. The SMILES string of the molecule is CNC(=O)N1CCc2cc(C(=O)NC(C)C)c(N(C)C)nc2CC1.O=C(O)C(F)(F)F. The number of urea groups is 1. The van der Waals surface area contributed by atoms with E-state index in [1.807, 2.05) is 38.9 Å². The third-order valence-electron chi connectivity index (χ3n) is 4.27. The van der Waals surface area contributed by atoms with E-state index in [9.17, 15) is 22.8 Å². The quantitative estimate of drug-likeness (QED) is 0.649. The third kappa shape index (κ3) is 7.61. The summed E-state index contributed by atoms with van der Waals surface area (Å²) < 4.78 is 31.7. The second-order valence-electron chi connectivity index (χ2n) is 7.33. The Kier molecular flexibility index (Phi) is 9.07. The van der Waals surface area contributed by atoms with E-state index in [2.05, 4.69) is 10.6 Å². The predicted molar refractivity (Wildman–Crippen MR) is 108 cm³/mol. The van der Waals surface area contributed by atoms with Crippen molar-refractivity contribution in [3.8, 4) is 0 Å². The number of carbonyl (C=O) groups is 3. The van der Waals surface area contributed by atoms with Crippen molar-refractivity contribution in [1.82, 2.24) is 20.5 Å². The van der Waals surface area contributed by atoms with Crippen molar-refractivity contribution in [3.63, 3.8) is 0 Å². The van der Waals surface area contributed by atoms with Gasteiger partial charge in [0.2, 0.25) is 0 Å². The van der Waals surface area contributed by atoms with Gasteiger partial charge in [0.1, 0.15) is 5.82 Å². The van der Waals surface area contributed by atoms with Crippen LogP contribution in [-0.4, -0.2) is 79.3 Å². The summed E-state index contributed by atoms with van der Waals surface area (Å²) in [7, 11) is 5.40. The fraction of sp³-hybridized carbons (Fsp3) is 0.579. The molecule has 0 saturated carbocycles. The van der Waals surface area contributed by atoms with Crippen LogP contribution in [0.3, 0.4) is 0 Å². The number of carboxylic acids is 1. The van der Waals surface area contributed by atoms with Crippen molar-refractivity contribution in [2.45, 2.75) is 38.9 Å². The summed E-state index contributed by atoms with van der Waals surface area (Å²) in [4.78, 5) is 41.6. The van der Waals surface area contributed by atoms with E-state index in [1.54, 1.807) is 11.9 Å². The van der Waals surface area contributed by atoms with E-state index in [4.69, 9.17) is 14.9 Å². The van der Waals surface area contributed by atoms with E-state index in [0.717, 1.165) is 11.3 Å². The number of nitrogens with one attached hydrogen (secondary N) is 2. The first-order valence-corrected chi connectivity index (χ1v) is 9.55. The number of aromatic nitrogens is 1. The lowest BCUT2D eigenvalue weighted by Crippen LogP contribution is -2.39. The summed E-state index contributed by atoms with van der Waals surface area (Å²) in [5.74, 6) is -2.20. The molecule has 0 fully saturated rings. The highest BCUT2D eigenvalue weighted by atomic mass is 19.4. The molecule has 0 saturated heterocycles. The molecular weight excluding hydrogens is 419 g/mol. The number of carboxylic acid groups (broad SMARTS) is 1. The Morgan fingerprint density at radius 3 is 2.19 bits per heavy atom. The van der Waals surface area contributed by atoms with Crippen LogP contribution in [0.2, 0.25) is 0 Å². The fourth-order valence-corrected chi connectivity index (χ4v) is 2.83. The van der Waals surface area contributed by atoms with Gasteiger partial charge in [0.25, 0.3) is 5.91 Å². The number of alkyl halides is 3. The average molecular weight is 447 g/mol. The Hall–Kier alpha value is -3.05. The van der Waals surface area contributed by atoms with Gasteiger partial charge >= 0.3 is 18.2 Å². The van der Waals surface area contributed by atoms with E-state index in [-0.39, 0.29) is 18.0 Å². The molecule has 3 amide bonds. The Morgan fingerprint density at radius 2 is 1.74 bits per heavy atom.